The average Bonchev–Trinajstić information content (AvgIpc) is 2.36. The van der Waals surface area contributed by atoms with Gasteiger partial charge < -0.3 is 10.0 Å². The van der Waals surface area contributed by atoms with E-state index in [1.54, 1.807) is 12.3 Å². The topological polar surface area (TPSA) is 35.8 Å². The van der Waals surface area contributed by atoms with Gasteiger partial charge in [0, 0.05) is 18.3 Å². The van der Waals surface area contributed by atoms with E-state index >= 15 is 0 Å². The number of hydrogen-bond donors (Lipinski definition) is 1. The number of phenols is 1. The van der Waals surface area contributed by atoms with Gasteiger partial charge in [-0.3, -0.25) is 4.99 Å². The van der Waals surface area contributed by atoms with Crippen molar-refractivity contribution in [3.63, 3.8) is 0 Å². The van der Waals surface area contributed by atoms with Gasteiger partial charge in [0.25, 0.3) is 0 Å². The van der Waals surface area contributed by atoms with E-state index in [9.17, 15) is 5.11 Å². The molecule has 3 nitrogen and oxygen atoms in total. The van der Waals surface area contributed by atoms with E-state index < -0.39 is 0 Å². The zero-order chi connectivity index (χ0) is 12.5. The largest absolute Gasteiger partial charge is 0.507 e. The molecule has 94 valence electrons. The van der Waals surface area contributed by atoms with Crippen LogP contribution in [0.15, 0.2) is 29.3 Å². The highest BCUT2D eigenvalue weighted by Crippen LogP contribution is 2.12. The number of para-hydroxylation sites is 1. The molecule has 0 saturated carbocycles. The maximum atomic E-state index is 9.53. The molecule has 17 heavy (non-hydrogen) atoms. The van der Waals surface area contributed by atoms with Gasteiger partial charge in [-0.25, -0.2) is 0 Å². The first kappa shape index (κ1) is 13.7. The van der Waals surface area contributed by atoms with Crippen molar-refractivity contribution >= 4 is 6.21 Å². The molecule has 0 bridgehead atoms. The standard InChI is InChI=1S/C14H22N2O/c1-3-16(4-2)11-7-10-15-12-13-8-5-6-9-14(13)17/h5-6,8-9,12,17H,3-4,7,10-11H2,1-2H3. The van der Waals surface area contributed by atoms with Crippen molar-refractivity contribution in [2.75, 3.05) is 26.2 Å². The monoisotopic (exact) mass is 234 g/mol. The van der Waals surface area contributed by atoms with Crippen LogP contribution in [0.3, 0.4) is 0 Å². The minimum Gasteiger partial charge on any atom is -0.507 e. The fourth-order valence-electron chi connectivity index (χ4n) is 1.69. The number of hydrogen-bond acceptors (Lipinski definition) is 3. The average molecular weight is 234 g/mol. The van der Waals surface area contributed by atoms with E-state index in [-0.39, 0.29) is 0 Å². The molecule has 0 radical (unpaired) electrons. The van der Waals surface area contributed by atoms with Gasteiger partial charge in [-0.05, 0) is 38.2 Å². The predicted octanol–water partition coefficient (Wildman–Crippen LogP) is 2.54. The highest BCUT2D eigenvalue weighted by atomic mass is 16.3. The van der Waals surface area contributed by atoms with E-state index in [2.05, 4.69) is 23.7 Å². The van der Waals surface area contributed by atoms with Crippen LogP contribution < -0.4 is 0 Å². The lowest BCUT2D eigenvalue weighted by atomic mass is 10.2. The van der Waals surface area contributed by atoms with Crippen LogP contribution in [0.2, 0.25) is 0 Å². The number of phenolic OH excluding ortho intramolecular Hbond substituents is 1. The Balaban J connectivity index is 2.29. The summed E-state index contributed by atoms with van der Waals surface area (Å²) in [5.41, 5.74) is 0.787. The molecular weight excluding hydrogens is 212 g/mol. The molecule has 0 aliphatic rings. The van der Waals surface area contributed by atoms with Crippen molar-refractivity contribution in [3.8, 4) is 5.75 Å². The van der Waals surface area contributed by atoms with Crippen LogP contribution in [0.4, 0.5) is 0 Å². The van der Waals surface area contributed by atoms with Crippen LogP contribution in [0.1, 0.15) is 25.8 Å². The Labute approximate surface area is 104 Å². The molecule has 0 aliphatic carbocycles. The summed E-state index contributed by atoms with van der Waals surface area (Å²) in [7, 11) is 0. The molecule has 0 heterocycles. The van der Waals surface area contributed by atoms with Crippen LogP contribution in [0.5, 0.6) is 5.75 Å². The molecule has 1 aromatic carbocycles. The van der Waals surface area contributed by atoms with E-state index in [1.165, 1.54) is 0 Å². The van der Waals surface area contributed by atoms with Crippen molar-refractivity contribution in [2.45, 2.75) is 20.3 Å². The Morgan fingerprint density at radius 2 is 1.94 bits per heavy atom. The molecule has 0 atom stereocenters. The van der Waals surface area contributed by atoms with Gasteiger partial charge in [0.2, 0.25) is 0 Å². The van der Waals surface area contributed by atoms with Crippen molar-refractivity contribution in [1.82, 2.24) is 4.90 Å². The first-order chi connectivity index (χ1) is 8.27. The normalized spacial score (nSPS) is 11.5. The Bertz CT molecular complexity index is 346. The molecule has 0 spiro atoms. The van der Waals surface area contributed by atoms with Crippen molar-refractivity contribution < 1.29 is 5.11 Å². The van der Waals surface area contributed by atoms with Gasteiger partial charge in [-0.2, -0.15) is 0 Å². The zero-order valence-electron chi connectivity index (χ0n) is 10.8. The minimum atomic E-state index is 0.292. The third kappa shape index (κ3) is 5.00. The van der Waals surface area contributed by atoms with Crippen LogP contribution in [-0.2, 0) is 0 Å². The Morgan fingerprint density at radius 1 is 1.24 bits per heavy atom. The molecule has 1 aromatic rings. The summed E-state index contributed by atoms with van der Waals surface area (Å²) in [5.74, 6) is 0.292. The number of benzene rings is 1. The molecule has 1 rings (SSSR count). The van der Waals surface area contributed by atoms with Crippen molar-refractivity contribution in [2.24, 2.45) is 4.99 Å². The summed E-state index contributed by atoms with van der Waals surface area (Å²) in [4.78, 5) is 6.72. The van der Waals surface area contributed by atoms with Gasteiger partial charge in [-0.1, -0.05) is 26.0 Å². The highest BCUT2D eigenvalue weighted by Gasteiger charge is 1.97. The Kier molecular flexibility index (Phi) is 6.33. The molecule has 0 unspecified atom stereocenters. The maximum Gasteiger partial charge on any atom is 0.124 e. The lowest BCUT2D eigenvalue weighted by Crippen LogP contribution is -2.24. The van der Waals surface area contributed by atoms with E-state index in [0.717, 1.165) is 38.2 Å². The van der Waals surface area contributed by atoms with Gasteiger partial charge in [0.05, 0.1) is 0 Å². The number of nitrogens with zero attached hydrogens (tertiary/aromatic N) is 2. The first-order valence-electron chi connectivity index (χ1n) is 6.28. The molecule has 1 N–H and O–H groups in total. The lowest BCUT2D eigenvalue weighted by molar-refractivity contribution is 0.302. The molecule has 0 amide bonds. The fraction of sp³-hybridized carbons (Fsp3) is 0.500. The molecule has 0 aromatic heterocycles. The van der Waals surface area contributed by atoms with E-state index in [0.29, 0.717) is 5.75 Å². The number of rotatable bonds is 7. The Hall–Kier alpha value is -1.35. The van der Waals surface area contributed by atoms with E-state index in [4.69, 9.17) is 0 Å². The summed E-state index contributed by atoms with van der Waals surface area (Å²) in [6, 6.07) is 7.25. The van der Waals surface area contributed by atoms with Gasteiger partial charge >= 0.3 is 0 Å². The van der Waals surface area contributed by atoms with Crippen molar-refractivity contribution in [3.05, 3.63) is 29.8 Å². The molecule has 0 fully saturated rings. The van der Waals surface area contributed by atoms with Crippen molar-refractivity contribution in [1.29, 1.82) is 0 Å². The lowest BCUT2D eigenvalue weighted by Gasteiger charge is -2.16. The second-order valence-electron chi connectivity index (χ2n) is 3.97. The summed E-state index contributed by atoms with van der Waals surface area (Å²) >= 11 is 0. The second kappa shape index (κ2) is 7.85. The second-order valence-corrected chi connectivity index (χ2v) is 3.97. The molecule has 0 saturated heterocycles. The van der Waals surface area contributed by atoms with Crippen LogP contribution in [0, 0.1) is 0 Å². The Morgan fingerprint density at radius 3 is 2.59 bits per heavy atom. The molecular formula is C14H22N2O. The maximum absolute atomic E-state index is 9.53. The summed E-state index contributed by atoms with van der Waals surface area (Å²) < 4.78 is 0. The van der Waals surface area contributed by atoms with Crippen LogP contribution >= 0.6 is 0 Å². The summed E-state index contributed by atoms with van der Waals surface area (Å²) in [6.07, 6.45) is 2.81. The molecule has 0 aliphatic heterocycles. The third-order valence-corrected chi connectivity index (χ3v) is 2.82. The summed E-state index contributed by atoms with van der Waals surface area (Å²) in [5, 5.41) is 9.53. The highest BCUT2D eigenvalue weighted by molar-refractivity contribution is 5.83. The minimum absolute atomic E-state index is 0.292. The third-order valence-electron chi connectivity index (χ3n) is 2.82. The van der Waals surface area contributed by atoms with E-state index in [1.807, 2.05) is 18.2 Å². The van der Waals surface area contributed by atoms with Gasteiger partial charge in [0.15, 0.2) is 0 Å². The van der Waals surface area contributed by atoms with Crippen LogP contribution in [-0.4, -0.2) is 42.4 Å². The number of aromatic hydroxyl groups is 1. The van der Waals surface area contributed by atoms with Gasteiger partial charge in [-0.15, -0.1) is 0 Å². The smallest absolute Gasteiger partial charge is 0.124 e. The summed E-state index contributed by atoms with van der Waals surface area (Å²) in [6.45, 7) is 8.44. The predicted molar refractivity (Wildman–Crippen MR) is 73.0 cm³/mol. The zero-order valence-corrected chi connectivity index (χ0v) is 10.8. The quantitative estimate of drug-likeness (QED) is 0.581. The first-order valence-corrected chi connectivity index (χ1v) is 6.28. The fourth-order valence-corrected chi connectivity index (χ4v) is 1.69. The molecule has 3 heteroatoms. The van der Waals surface area contributed by atoms with Gasteiger partial charge in [0.1, 0.15) is 5.75 Å². The van der Waals surface area contributed by atoms with Crippen LogP contribution in [0.25, 0.3) is 0 Å². The SMILES string of the molecule is CCN(CC)CCCN=Cc1ccccc1O. The number of aliphatic imine (C=N–C) groups is 1.